The fourth-order valence-corrected chi connectivity index (χ4v) is 4.30. The Morgan fingerprint density at radius 3 is 2.67 bits per heavy atom. The van der Waals surface area contributed by atoms with Gasteiger partial charge in [0.25, 0.3) is 5.56 Å². The molecule has 0 amide bonds. The second-order valence-corrected chi connectivity index (χ2v) is 7.88. The molecule has 2 aromatic heterocycles. The summed E-state index contributed by atoms with van der Waals surface area (Å²) in [7, 11) is 0. The molecule has 4 rings (SSSR count). The molecule has 154 valence electrons. The molecule has 0 radical (unpaired) electrons. The highest BCUT2D eigenvalue weighted by Gasteiger charge is 2.18. The molecule has 0 atom stereocenters. The lowest BCUT2D eigenvalue weighted by Gasteiger charge is -2.13. The summed E-state index contributed by atoms with van der Waals surface area (Å²) in [5.41, 5.74) is 2.40. The molecule has 30 heavy (non-hydrogen) atoms. The topological polar surface area (TPSA) is 78.5 Å². The standard InChI is InChI=1S/C22H22N4O3S/c1-3-29-19(27)13-8-14-30-22-24-23-21-25(17-11-6-4-9-15(17)2)20(28)16-10-5-7-12-18(16)26(21)22/h4-7,9-12H,3,8,13-14H2,1-2H3. The van der Waals surface area contributed by atoms with E-state index in [9.17, 15) is 9.59 Å². The van der Waals surface area contributed by atoms with E-state index in [0.717, 1.165) is 16.8 Å². The SMILES string of the molecule is CCOC(=O)CCCSc1nnc2n(-c3ccccc3C)c(=O)c3ccccc3n12. The van der Waals surface area contributed by atoms with Crippen molar-refractivity contribution in [2.45, 2.75) is 31.8 Å². The molecule has 7 nitrogen and oxygen atoms in total. The number of carbonyl (C=O) groups is 1. The number of fused-ring (bicyclic) bond motifs is 3. The van der Waals surface area contributed by atoms with Crippen LogP contribution >= 0.6 is 11.8 Å². The predicted octanol–water partition coefficient (Wildman–Crippen LogP) is 3.78. The van der Waals surface area contributed by atoms with Gasteiger partial charge in [-0.25, -0.2) is 4.57 Å². The molecule has 0 aliphatic carbocycles. The molecule has 2 heterocycles. The molecule has 0 N–H and O–H groups in total. The monoisotopic (exact) mass is 422 g/mol. The number of aromatic nitrogens is 4. The lowest BCUT2D eigenvalue weighted by molar-refractivity contribution is -0.143. The first-order valence-corrected chi connectivity index (χ1v) is 10.8. The average Bonchev–Trinajstić information content (AvgIpc) is 3.17. The molecule has 0 unspecified atom stereocenters. The van der Waals surface area contributed by atoms with E-state index in [-0.39, 0.29) is 11.5 Å². The van der Waals surface area contributed by atoms with Crippen molar-refractivity contribution in [3.8, 4) is 5.69 Å². The molecule has 8 heteroatoms. The van der Waals surface area contributed by atoms with Gasteiger partial charge in [0.2, 0.25) is 5.78 Å². The second-order valence-electron chi connectivity index (χ2n) is 6.82. The van der Waals surface area contributed by atoms with Crippen LogP contribution in [0.2, 0.25) is 0 Å². The zero-order valence-electron chi connectivity index (χ0n) is 16.9. The van der Waals surface area contributed by atoms with Crippen molar-refractivity contribution < 1.29 is 9.53 Å². The van der Waals surface area contributed by atoms with Gasteiger partial charge < -0.3 is 4.74 Å². The number of benzene rings is 2. The molecule has 0 fully saturated rings. The number of hydrogen-bond donors (Lipinski definition) is 0. The number of carbonyl (C=O) groups excluding carboxylic acids is 1. The molecular formula is C22H22N4O3S. The zero-order chi connectivity index (χ0) is 21.1. The Hall–Kier alpha value is -3.13. The minimum absolute atomic E-state index is 0.126. The third-order valence-electron chi connectivity index (χ3n) is 4.81. The Bertz CT molecular complexity index is 1280. The number of thioether (sulfide) groups is 1. The lowest BCUT2D eigenvalue weighted by atomic mass is 10.2. The van der Waals surface area contributed by atoms with Crippen LogP contribution in [0.1, 0.15) is 25.3 Å². The largest absolute Gasteiger partial charge is 0.466 e. The third kappa shape index (κ3) is 3.70. The lowest BCUT2D eigenvalue weighted by Crippen LogP contribution is -2.22. The van der Waals surface area contributed by atoms with Crippen LogP contribution in [0.15, 0.2) is 58.5 Å². The fraction of sp³-hybridized carbons (Fsp3) is 0.273. The summed E-state index contributed by atoms with van der Waals surface area (Å²) >= 11 is 1.51. The summed E-state index contributed by atoms with van der Waals surface area (Å²) in [5.74, 6) is 0.973. The Labute approximate surface area is 177 Å². The summed E-state index contributed by atoms with van der Waals surface area (Å²) in [6, 6.07) is 15.2. The van der Waals surface area contributed by atoms with Crippen molar-refractivity contribution >= 4 is 34.4 Å². The zero-order valence-corrected chi connectivity index (χ0v) is 17.7. The van der Waals surface area contributed by atoms with Crippen LogP contribution in [-0.4, -0.2) is 37.5 Å². The molecular weight excluding hydrogens is 400 g/mol. The Morgan fingerprint density at radius 1 is 1.10 bits per heavy atom. The predicted molar refractivity (Wildman–Crippen MR) is 117 cm³/mol. The van der Waals surface area contributed by atoms with Crippen LogP contribution in [0.4, 0.5) is 0 Å². The molecule has 0 saturated heterocycles. The maximum Gasteiger partial charge on any atom is 0.305 e. The maximum atomic E-state index is 13.3. The van der Waals surface area contributed by atoms with Gasteiger partial charge in [-0.15, -0.1) is 10.2 Å². The van der Waals surface area contributed by atoms with Gasteiger partial charge in [0.15, 0.2) is 5.16 Å². The Kier molecular flexibility index (Phi) is 5.85. The van der Waals surface area contributed by atoms with Gasteiger partial charge in [0, 0.05) is 12.2 Å². The van der Waals surface area contributed by atoms with Crippen molar-refractivity contribution in [3.05, 3.63) is 64.4 Å². The van der Waals surface area contributed by atoms with E-state index < -0.39 is 0 Å². The van der Waals surface area contributed by atoms with Crippen LogP contribution in [0, 0.1) is 6.92 Å². The average molecular weight is 423 g/mol. The Morgan fingerprint density at radius 2 is 1.87 bits per heavy atom. The summed E-state index contributed by atoms with van der Waals surface area (Å²) in [5, 5.41) is 10.00. The maximum absolute atomic E-state index is 13.3. The van der Waals surface area contributed by atoms with Gasteiger partial charge in [0.1, 0.15) is 0 Å². The van der Waals surface area contributed by atoms with E-state index in [4.69, 9.17) is 4.74 Å². The summed E-state index contributed by atoms with van der Waals surface area (Å²) in [6.07, 6.45) is 1.04. The summed E-state index contributed by atoms with van der Waals surface area (Å²) in [6.45, 7) is 4.16. The number of rotatable bonds is 7. The number of para-hydroxylation sites is 2. The number of ether oxygens (including phenoxy) is 1. The highest BCUT2D eigenvalue weighted by molar-refractivity contribution is 7.99. The quantitative estimate of drug-likeness (QED) is 0.256. The van der Waals surface area contributed by atoms with Crippen LogP contribution in [0.3, 0.4) is 0 Å². The van der Waals surface area contributed by atoms with Gasteiger partial charge in [-0.1, -0.05) is 42.1 Å². The van der Waals surface area contributed by atoms with Gasteiger partial charge in [0.05, 0.1) is 23.2 Å². The summed E-state index contributed by atoms with van der Waals surface area (Å²) < 4.78 is 8.51. The minimum atomic E-state index is -0.192. The number of esters is 1. The number of aryl methyl sites for hydroxylation is 1. The minimum Gasteiger partial charge on any atom is -0.466 e. The first-order valence-electron chi connectivity index (χ1n) is 9.85. The molecule has 2 aromatic carbocycles. The van der Waals surface area contributed by atoms with Crippen molar-refractivity contribution in [1.29, 1.82) is 0 Å². The molecule has 0 spiro atoms. The van der Waals surface area contributed by atoms with Crippen LogP contribution < -0.4 is 5.56 Å². The highest BCUT2D eigenvalue weighted by atomic mass is 32.2. The van der Waals surface area contributed by atoms with E-state index in [2.05, 4.69) is 10.2 Å². The van der Waals surface area contributed by atoms with Crippen molar-refractivity contribution in [3.63, 3.8) is 0 Å². The first-order chi connectivity index (χ1) is 14.6. The van der Waals surface area contributed by atoms with E-state index in [1.807, 2.05) is 59.9 Å². The van der Waals surface area contributed by atoms with Crippen LogP contribution in [0.5, 0.6) is 0 Å². The molecule has 0 aliphatic rings. The van der Waals surface area contributed by atoms with Crippen LogP contribution in [-0.2, 0) is 9.53 Å². The van der Waals surface area contributed by atoms with Crippen molar-refractivity contribution in [2.24, 2.45) is 0 Å². The van der Waals surface area contributed by atoms with Gasteiger partial charge in [-0.2, -0.15) is 0 Å². The van der Waals surface area contributed by atoms with E-state index >= 15 is 0 Å². The van der Waals surface area contributed by atoms with Gasteiger partial charge in [-0.3, -0.25) is 14.0 Å². The fourth-order valence-electron chi connectivity index (χ4n) is 3.42. The normalized spacial score (nSPS) is 11.3. The third-order valence-corrected chi connectivity index (χ3v) is 5.83. The molecule has 0 bridgehead atoms. The first kappa shape index (κ1) is 20.2. The second kappa shape index (κ2) is 8.71. The number of hydrogen-bond acceptors (Lipinski definition) is 6. The smallest absolute Gasteiger partial charge is 0.305 e. The summed E-state index contributed by atoms with van der Waals surface area (Å²) in [4.78, 5) is 24.9. The van der Waals surface area contributed by atoms with E-state index in [0.29, 0.717) is 41.5 Å². The van der Waals surface area contributed by atoms with Crippen LogP contribution in [0.25, 0.3) is 22.4 Å². The van der Waals surface area contributed by atoms with Crippen molar-refractivity contribution in [2.75, 3.05) is 12.4 Å². The van der Waals surface area contributed by atoms with E-state index in [1.165, 1.54) is 11.8 Å². The Balaban J connectivity index is 1.79. The molecule has 4 aromatic rings. The number of nitrogens with zero attached hydrogens (tertiary/aromatic N) is 4. The molecule has 0 aliphatic heterocycles. The van der Waals surface area contributed by atoms with E-state index in [1.54, 1.807) is 11.5 Å². The van der Waals surface area contributed by atoms with Gasteiger partial charge >= 0.3 is 5.97 Å². The van der Waals surface area contributed by atoms with Crippen molar-refractivity contribution in [1.82, 2.24) is 19.2 Å². The highest BCUT2D eigenvalue weighted by Crippen LogP contribution is 2.24. The molecule has 0 saturated carbocycles. The van der Waals surface area contributed by atoms with Gasteiger partial charge in [-0.05, 0) is 44.0 Å².